The Bertz CT molecular complexity index is 555. The monoisotopic (exact) mass is 282 g/mol. The molecular weight excluding hydrogens is 260 g/mol. The normalized spacial score (nSPS) is 24.1. The molecular formula is C14H22N2O2S. The van der Waals surface area contributed by atoms with Crippen molar-refractivity contribution in [3.8, 4) is 0 Å². The van der Waals surface area contributed by atoms with Crippen LogP contribution < -0.4 is 11.1 Å². The molecule has 1 aliphatic carbocycles. The maximum absolute atomic E-state index is 11.5. The first kappa shape index (κ1) is 14.2. The number of sulfone groups is 1. The van der Waals surface area contributed by atoms with Crippen molar-refractivity contribution in [2.24, 2.45) is 5.92 Å². The third-order valence-corrected chi connectivity index (χ3v) is 4.86. The van der Waals surface area contributed by atoms with E-state index in [-0.39, 0.29) is 4.90 Å². The molecule has 2 atom stereocenters. The quantitative estimate of drug-likeness (QED) is 0.836. The van der Waals surface area contributed by atoms with Crippen LogP contribution in [-0.4, -0.2) is 20.7 Å². The molecule has 1 saturated carbocycles. The summed E-state index contributed by atoms with van der Waals surface area (Å²) in [5, 5.41) is 3.44. The Morgan fingerprint density at radius 1 is 1.32 bits per heavy atom. The van der Waals surface area contributed by atoms with Gasteiger partial charge in [0.2, 0.25) is 0 Å². The van der Waals surface area contributed by atoms with Crippen LogP contribution in [0.4, 0.5) is 11.4 Å². The van der Waals surface area contributed by atoms with Gasteiger partial charge in [0, 0.05) is 12.3 Å². The molecule has 1 aliphatic rings. The lowest BCUT2D eigenvalue weighted by molar-refractivity contribution is 0.359. The van der Waals surface area contributed by atoms with Crippen LogP contribution in [-0.2, 0) is 9.84 Å². The van der Waals surface area contributed by atoms with Crippen molar-refractivity contribution in [2.45, 2.75) is 43.5 Å². The van der Waals surface area contributed by atoms with Crippen molar-refractivity contribution in [3.63, 3.8) is 0 Å². The highest BCUT2D eigenvalue weighted by atomic mass is 32.2. The summed E-state index contributed by atoms with van der Waals surface area (Å²) in [6.07, 6.45) is 6.02. The van der Waals surface area contributed by atoms with Gasteiger partial charge in [-0.05, 0) is 37.0 Å². The fourth-order valence-corrected chi connectivity index (χ4v) is 3.34. The van der Waals surface area contributed by atoms with Crippen LogP contribution in [0, 0.1) is 5.92 Å². The third-order valence-electron chi connectivity index (χ3n) is 3.75. The Hall–Kier alpha value is -1.23. The van der Waals surface area contributed by atoms with E-state index in [2.05, 4.69) is 12.2 Å². The number of nitrogens with two attached hydrogens (primary N) is 1. The van der Waals surface area contributed by atoms with E-state index in [9.17, 15) is 8.42 Å². The molecule has 4 nitrogen and oxygen atoms in total. The first-order valence-electron chi connectivity index (χ1n) is 6.72. The molecule has 1 fully saturated rings. The molecule has 5 heteroatoms. The second kappa shape index (κ2) is 5.41. The number of nitrogens with one attached hydrogen (secondary N) is 1. The van der Waals surface area contributed by atoms with Gasteiger partial charge in [0.15, 0.2) is 9.84 Å². The summed E-state index contributed by atoms with van der Waals surface area (Å²) in [4.78, 5) is 0.271. The summed E-state index contributed by atoms with van der Waals surface area (Å²) in [5.74, 6) is 0.739. The number of hydrogen-bond acceptors (Lipinski definition) is 4. The van der Waals surface area contributed by atoms with E-state index in [4.69, 9.17) is 5.73 Å². The molecule has 0 bridgehead atoms. The minimum absolute atomic E-state index is 0.271. The summed E-state index contributed by atoms with van der Waals surface area (Å²) in [7, 11) is -3.19. The summed E-state index contributed by atoms with van der Waals surface area (Å²) >= 11 is 0. The minimum atomic E-state index is -3.19. The highest BCUT2D eigenvalue weighted by Crippen LogP contribution is 2.29. The second-order valence-corrected chi connectivity index (χ2v) is 7.65. The van der Waals surface area contributed by atoms with Gasteiger partial charge in [-0.15, -0.1) is 0 Å². The van der Waals surface area contributed by atoms with Gasteiger partial charge in [-0.1, -0.05) is 19.8 Å². The van der Waals surface area contributed by atoms with E-state index in [1.807, 2.05) is 0 Å². The average Bonchev–Trinajstić information content (AvgIpc) is 2.30. The molecule has 19 heavy (non-hydrogen) atoms. The molecule has 0 heterocycles. The molecule has 0 saturated heterocycles. The molecule has 1 aromatic carbocycles. The summed E-state index contributed by atoms with van der Waals surface area (Å²) in [5.41, 5.74) is 7.28. The first-order valence-corrected chi connectivity index (χ1v) is 8.61. The molecule has 1 aromatic rings. The number of nitrogen functional groups attached to an aromatic ring is 1. The van der Waals surface area contributed by atoms with E-state index < -0.39 is 9.84 Å². The predicted octanol–water partition coefficient (Wildman–Crippen LogP) is 2.66. The molecule has 2 rings (SSSR count). The Labute approximate surface area is 115 Å². The van der Waals surface area contributed by atoms with E-state index in [1.54, 1.807) is 12.1 Å². The lowest BCUT2D eigenvalue weighted by atomic mass is 9.87. The van der Waals surface area contributed by atoms with Gasteiger partial charge in [0.25, 0.3) is 0 Å². The fraction of sp³-hybridized carbons (Fsp3) is 0.571. The third kappa shape index (κ3) is 3.62. The molecule has 0 aromatic heterocycles. The number of anilines is 2. The molecule has 0 radical (unpaired) electrons. The smallest absolute Gasteiger partial charge is 0.175 e. The zero-order valence-electron chi connectivity index (χ0n) is 11.5. The highest BCUT2D eigenvalue weighted by molar-refractivity contribution is 7.90. The van der Waals surface area contributed by atoms with Crippen LogP contribution in [0.1, 0.15) is 32.6 Å². The van der Waals surface area contributed by atoms with Gasteiger partial charge >= 0.3 is 0 Å². The number of rotatable bonds is 3. The second-order valence-electron chi connectivity index (χ2n) is 5.63. The van der Waals surface area contributed by atoms with E-state index >= 15 is 0 Å². The zero-order valence-corrected chi connectivity index (χ0v) is 12.3. The van der Waals surface area contributed by atoms with Crippen LogP contribution in [0.3, 0.4) is 0 Å². The molecule has 106 valence electrons. The fourth-order valence-electron chi connectivity index (χ4n) is 2.69. The van der Waals surface area contributed by atoms with Crippen LogP contribution in [0.15, 0.2) is 23.1 Å². The van der Waals surface area contributed by atoms with Crippen molar-refractivity contribution in [3.05, 3.63) is 18.2 Å². The molecule has 3 N–H and O–H groups in total. The lowest BCUT2D eigenvalue weighted by Crippen LogP contribution is -2.26. The molecule has 0 aliphatic heterocycles. The molecule has 0 spiro atoms. The van der Waals surface area contributed by atoms with Crippen molar-refractivity contribution >= 4 is 21.2 Å². The van der Waals surface area contributed by atoms with Gasteiger partial charge in [-0.2, -0.15) is 0 Å². The standard InChI is InChI=1S/C14H22N2O2S/c1-10-4-3-5-11(8-10)16-14-7-6-12(9-13(14)15)19(2,17)18/h6-7,9-11,16H,3-5,8,15H2,1-2H3. The average molecular weight is 282 g/mol. The highest BCUT2D eigenvalue weighted by Gasteiger charge is 2.19. The number of benzene rings is 1. The van der Waals surface area contributed by atoms with Crippen LogP contribution >= 0.6 is 0 Å². The maximum Gasteiger partial charge on any atom is 0.175 e. The van der Waals surface area contributed by atoms with Crippen molar-refractivity contribution in [1.82, 2.24) is 0 Å². The minimum Gasteiger partial charge on any atom is -0.397 e. The van der Waals surface area contributed by atoms with Gasteiger partial charge in [0.05, 0.1) is 16.3 Å². The zero-order chi connectivity index (χ0) is 14.0. The largest absolute Gasteiger partial charge is 0.397 e. The van der Waals surface area contributed by atoms with Crippen LogP contribution in [0.25, 0.3) is 0 Å². The topological polar surface area (TPSA) is 72.2 Å². The predicted molar refractivity (Wildman–Crippen MR) is 79.0 cm³/mol. The number of hydrogen-bond donors (Lipinski definition) is 2. The Morgan fingerprint density at radius 2 is 2.05 bits per heavy atom. The van der Waals surface area contributed by atoms with E-state index in [1.165, 1.54) is 25.2 Å². The SMILES string of the molecule is CC1CCCC(Nc2ccc(S(C)(=O)=O)cc2N)C1. The van der Waals surface area contributed by atoms with Gasteiger partial charge in [-0.3, -0.25) is 0 Å². The molecule has 2 unspecified atom stereocenters. The Kier molecular flexibility index (Phi) is 4.04. The van der Waals surface area contributed by atoms with Crippen LogP contribution in [0.5, 0.6) is 0 Å². The van der Waals surface area contributed by atoms with Crippen LogP contribution in [0.2, 0.25) is 0 Å². The van der Waals surface area contributed by atoms with E-state index in [0.717, 1.165) is 24.4 Å². The van der Waals surface area contributed by atoms with Crippen molar-refractivity contribution in [2.75, 3.05) is 17.3 Å². The van der Waals surface area contributed by atoms with Gasteiger partial charge < -0.3 is 11.1 Å². The van der Waals surface area contributed by atoms with E-state index in [0.29, 0.717) is 11.7 Å². The summed E-state index contributed by atoms with van der Waals surface area (Å²) < 4.78 is 22.9. The Balaban J connectivity index is 2.13. The summed E-state index contributed by atoms with van der Waals surface area (Å²) in [6.45, 7) is 2.27. The van der Waals surface area contributed by atoms with Crippen molar-refractivity contribution in [1.29, 1.82) is 0 Å². The van der Waals surface area contributed by atoms with Gasteiger partial charge in [-0.25, -0.2) is 8.42 Å². The lowest BCUT2D eigenvalue weighted by Gasteiger charge is -2.28. The maximum atomic E-state index is 11.5. The van der Waals surface area contributed by atoms with Crippen molar-refractivity contribution < 1.29 is 8.42 Å². The molecule has 0 amide bonds. The summed E-state index contributed by atoms with van der Waals surface area (Å²) in [6, 6.07) is 5.35. The first-order chi connectivity index (χ1) is 8.86. The Morgan fingerprint density at radius 3 is 2.63 bits per heavy atom. The van der Waals surface area contributed by atoms with Gasteiger partial charge in [0.1, 0.15) is 0 Å².